The fourth-order valence-electron chi connectivity index (χ4n) is 3.45. The van der Waals surface area contributed by atoms with E-state index in [0.717, 1.165) is 51.7 Å². The van der Waals surface area contributed by atoms with Crippen LogP contribution in [0.3, 0.4) is 0 Å². The van der Waals surface area contributed by atoms with Crippen LogP contribution in [-0.4, -0.2) is 42.4 Å². The first-order valence-corrected chi connectivity index (χ1v) is 7.73. The summed E-state index contributed by atoms with van der Waals surface area (Å²) in [5.41, 5.74) is 5.78. The van der Waals surface area contributed by atoms with Crippen LogP contribution in [0.5, 0.6) is 0 Å². The summed E-state index contributed by atoms with van der Waals surface area (Å²) in [5.74, 6) is 0.751. The molecule has 1 saturated heterocycles. The number of hydrogen-bond donors (Lipinski definition) is 2. The van der Waals surface area contributed by atoms with Crippen LogP contribution >= 0.6 is 0 Å². The zero-order valence-electron chi connectivity index (χ0n) is 12.7. The van der Waals surface area contributed by atoms with Crippen molar-refractivity contribution in [2.45, 2.75) is 52.0 Å². The summed E-state index contributed by atoms with van der Waals surface area (Å²) in [4.78, 5) is 25.6. The van der Waals surface area contributed by atoms with Gasteiger partial charge in [0.1, 0.15) is 0 Å². The van der Waals surface area contributed by atoms with Crippen molar-refractivity contribution >= 4 is 11.8 Å². The Labute approximate surface area is 121 Å². The highest BCUT2D eigenvalue weighted by atomic mass is 16.2. The Hall–Kier alpha value is -1.10. The lowest BCUT2D eigenvalue weighted by atomic mass is 9.82. The Morgan fingerprint density at radius 2 is 1.95 bits per heavy atom. The minimum absolute atomic E-state index is 0.00658. The number of carbonyl (C=O) groups is 2. The molecule has 2 aliphatic rings. The number of carbonyl (C=O) groups excluding carboxylic acids is 2. The van der Waals surface area contributed by atoms with Gasteiger partial charge in [0.25, 0.3) is 0 Å². The maximum absolute atomic E-state index is 12.7. The maximum atomic E-state index is 12.7. The SMILES string of the molecule is CC(=O)NCC1CCN(C(=O)C2(C)CCCC2N)CC1. The van der Waals surface area contributed by atoms with E-state index in [0.29, 0.717) is 5.92 Å². The average molecular weight is 281 g/mol. The second kappa shape index (κ2) is 6.12. The van der Waals surface area contributed by atoms with Crippen molar-refractivity contribution in [2.75, 3.05) is 19.6 Å². The van der Waals surface area contributed by atoms with Crippen molar-refractivity contribution in [2.24, 2.45) is 17.1 Å². The minimum atomic E-state index is -0.357. The molecule has 3 N–H and O–H groups in total. The Morgan fingerprint density at radius 3 is 2.45 bits per heavy atom. The quantitative estimate of drug-likeness (QED) is 0.806. The number of nitrogens with two attached hydrogens (primary N) is 1. The molecule has 0 aromatic rings. The Bertz CT molecular complexity index is 377. The lowest BCUT2D eigenvalue weighted by Crippen LogP contribution is -2.51. The van der Waals surface area contributed by atoms with Crippen molar-refractivity contribution in [1.29, 1.82) is 0 Å². The molecule has 1 aliphatic carbocycles. The van der Waals surface area contributed by atoms with Gasteiger partial charge in [0, 0.05) is 32.6 Å². The lowest BCUT2D eigenvalue weighted by Gasteiger charge is -2.38. The van der Waals surface area contributed by atoms with Gasteiger partial charge in [-0.15, -0.1) is 0 Å². The van der Waals surface area contributed by atoms with E-state index in [2.05, 4.69) is 5.32 Å². The molecule has 2 fully saturated rings. The van der Waals surface area contributed by atoms with E-state index in [9.17, 15) is 9.59 Å². The molecule has 0 aromatic carbocycles. The summed E-state index contributed by atoms with van der Waals surface area (Å²) in [6.07, 6.45) is 4.87. The highest BCUT2D eigenvalue weighted by molar-refractivity contribution is 5.83. The molecule has 5 heteroatoms. The molecule has 0 spiro atoms. The van der Waals surface area contributed by atoms with Gasteiger partial charge in [-0.2, -0.15) is 0 Å². The van der Waals surface area contributed by atoms with Gasteiger partial charge < -0.3 is 16.0 Å². The first-order chi connectivity index (χ1) is 9.43. The van der Waals surface area contributed by atoms with E-state index >= 15 is 0 Å². The average Bonchev–Trinajstić information content (AvgIpc) is 2.77. The maximum Gasteiger partial charge on any atom is 0.230 e. The first kappa shape index (κ1) is 15.3. The molecule has 1 heterocycles. The molecule has 0 radical (unpaired) electrons. The van der Waals surface area contributed by atoms with Crippen LogP contribution in [0, 0.1) is 11.3 Å². The zero-order chi connectivity index (χ0) is 14.8. The number of nitrogens with one attached hydrogen (secondary N) is 1. The highest BCUT2D eigenvalue weighted by Gasteiger charge is 2.45. The summed E-state index contributed by atoms with van der Waals surface area (Å²) in [6, 6.07) is 0.00658. The lowest BCUT2D eigenvalue weighted by molar-refractivity contribution is -0.143. The molecule has 114 valence electrons. The Morgan fingerprint density at radius 1 is 1.30 bits per heavy atom. The largest absolute Gasteiger partial charge is 0.356 e. The highest BCUT2D eigenvalue weighted by Crippen LogP contribution is 2.39. The fraction of sp³-hybridized carbons (Fsp3) is 0.867. The first-order valence-electron chi connectivity index (χ1n) is 7.73. The monoisotopic (exact) mass is 281 g/mol. The third-order valence-electron chi connectivity index (χ3n) is 5.06. The summed E-state index contributed by atoms with van der Waals surface area (Å²) in [7, 11) is 0. The molecule has 5 nitrogen and oxygen atoms in total. The van der Waals surface area contributed by atoms with Crippen LogP contribution < -0.4 is 11.1 Å². The molecule has 2 unspecified atom stereocenters. The molecular weight excluding hydrogens is 254 g/mol. The van der Waals surface area contributed by atoms with Crippen LogP contribution in [0.4, 0.5) is 0 Å². The third kappa shape index (κ3) is 3.14. The summed E-state index contributed by atoms with van der Waals surface area (Å²) < 4.78 is 0. The van der Waals surface area contributed by atoms with E-state index < -0.39 is 0 Å². The van der Waals surface area contributed by atoms with Gasteiger partial charge in [0.15, 0.2) is 0 Å². The van der Waals surface area contributed by atoms with E-state index in [-0.39, 0.29) is 23.3 Å². The second-order valence-corrected chi connectivity index (χ2v) is 6.59. The topological polar surface area (TPSA) is 75.4 Å². The fourth-order valence-corrected chi connectivity index (χ4v) is 3.45. The summed E-state index contributed by atoms with van der Waals surface area (Å²) in [5, 5.41) is 2.87. The molecular formula is C15H27N3O2. The van der Waals surface area contributed by atoms with E-state index in [1.807, 2.05) is 11.8 Å². The van der Waals surface area contributed by atoms with Crippen molar-refractivity contribution < 1.29 is 9.59 Å². The van der Waals surface area contributed by atoms with Crippen LogP contribution in [0.1, 0.15) is 46.0 Å². The van der Waals surface area contributed by atoms with Gasteiger partial charge in [-0.25, -0.2) is 0 Å². The summed E-state index contributed by atoms with van der Waals surface area (Å²) >= 11 is 0. The molecule has 1 saturated carbocycles. The minimum Gasteiger partial charge on any atom is -0.356 e. The number of piperidine rings is 1. The van der Waals surface area contributed by atoms with Crippen LogP contribution in [0.25, 0.3) is 0 Å². The molecule has 1 aliphatic heterocycles. The zero-order valence-corrected chi connectivity index (χ0v) is 12.7. The Kier molecular flexibility index (Phi) is 4.68. The van der Waals surface area contributed by atoms with Gasteiger partial charge in [0.05, 0.1) is 5.41 Å². The standard InChI is InChI=1S/C15H27N3O2/c1-11(19)17-10-12-5-8-18(9-6-12)14(20)15(2)7-3-4-13(15)16/h12-13H,3-10,16H2,1-2H3,(H,17,19). The second-order valence-electron chi connectivity index (χ2n) is 6.59. The number of likely N-dealkylation sites (tertiary alicyclic amines) is 1. The molecule has 2 amide bonds. The number of amides is 2. The molecule has 20 heavy (non-hydrogen) atoms. The van der Waals surface area contributed by atoms with Crippen molar-refractivity contribution in [3.8, 4) is 0 Å². The molecule has 2 rings (SSSR count). The predicted octanol–water partition coefficient (Wildman–Crippen LogP) is 0.879. The molecule has 0 aromatic heterocycles. The van der Waals surface area contributed by atoms with Crippen molar-refractivity contribution in [1.82, 2.24) is 10.2 Å². The van der Waals surface area contributed by atoms with Gasteiger partial charge in [0.2, 0.25) is 11.8 Å². The molecule has 0 bridgehead atoms. The molecule has 2 atom stereocenters. The van der Waals surface area contributed by atoms with E-state index in [1.54, 1.807) is 6.92 Å². The predicted molar refractivity (Wildman–Crippen MR) is 77.9 cm³/mol. The van der Waals surface area contributed by atoms with Crippen molar-refractivity contribution in [3.05, 3.63) is 0 Å². The van der Waals surface area contributed by atoms with Crippen LogP contribution in [-0.2, 0) is 9.59 Å². The van der Waals surface area contributed by atoms with Gasteiger partial charge >= 0.3 is 0 Å². The van der Waals surface area contributed by atoms with Crippen LogP contribution in [0.2, 0.25) is 0 Å². The smallest absolute Gasteiger partial charge is 0.230 e. The Balaban J connectivity index is 1.84. The van der Waals surface area contributed by atoms with Gasteiger partial charge in [-0.05, 0) is 38.5 Å². The summed E-state index contributed by atoms with van der Waals surface area (Å²) in [6.45, 7) is 5.89. The number of nitrogens with zero attached hydrogens (tertiary/aromatic N) is 1. The number of rotatable bonds is 3. The van der Waals surface area contributed by atoms with E-state index in [4.69, 9.17) is 5.73 Å². The van der Waals surface area contributed by atoms with Gasteiger partial charge in [-0.3, -0.25) is 9.59 Å². The van der Waals surface area contributed by atoms with Crippen LogP contribution in [0.15, 0.2) is 0 Å². The normalized spacial score (nSPS) is 31.4. The third-order valence-corrected chi connectivity index (χ3v) is 5.06. The van der Waals surface area contributed by atoms with Crippen molar-refractivity contribution in [3.63, 3.8) is 0 Å². The van der Waals surface area contributed by atoms with E-state index in [1.165, 1.54) is 0 Å². The van der Waals surface area contributed by atoms with Gasteiger partial charge in [-0.1, -0.05) is 6.42 Å². The number of hydrogen-bond acceptors (Lipinski definition) is 3.